The molecule has 2 aromatic carbocycles. The molecule has 1 heterocycles. The van der Waals surface area contributed by atoms with Gasteiger partial charge in [0.05, 0.1) is 16.5 Å². The zero-order valence-corrected chi connectivity index (χ0v) is 15.3. The number of nitrogens with zero attached hydrogens (tertiary/aromatic N) is 1. The fourth-order valence-electron chi connectivity index (χ4n) is 3.05. The quantitative estimate of drug-likeness (QED) is 0.841. The fraction of sp³-hybridized carbons (Fsp3) is 0.250. The van der Waals surface area contributed by atoms with E-state index < -0.39 is 5.97 Å². The van der Waals surface area contributed by atoms with Gasteiger partial charge in [0.25, 0.3) is 11.8 Å². The van der Waals surface area contributed by atoms with E-state index in [-0.39, 0.29) is 17.7 Å². The minimum Gasteiger partial charge on any atom is -0.481 e. The first-order chi connectivity index (χ1) is 13.0. The summed E-state index contributed by atoms with van der Waals surface area (Å²) in [5.74, 6) is -1.64. The van der Waals surface area contributed by atoms with E-state index in [0.717, 1.165) is 0 Å². The summed E-state index contributed by atoms with van der Waals surface area (Å²) in [6, 6.07) is 13.4. The molecule has 0 aliphatic carbocycles. The number of benzene rings is 2. The predicted octanol–water partition coefficient (Wildman–Crippen LogP) is 3.53. The van der Waals surface area contributed by atoms with Crippen molar-refractivity contribution >= 4 is 35.1 Å². The highest BCUT2D eigenvalue weighted by molar-refractivity contribution is 6.34. The molecule has 0 atom stereocenters. The van der Waals surface area contributed by atoms with Crippen molar-refractivity contribution in [3.05, 3.63) is 64.7 Å². The highest BCUT2D eigenvalue weighted by atomic mass is 35.5. The molecule has 0 spiro atoms. The number of likely N-dealkylation sites (tertiary alicyclic amines) is 1. The summed E-state index contributed by atoms with van der Waals surface area (Å²) in [5.41, 5.74) is 1.43. The lowest BCUT2D eigenvalue weighted by atomic mass is 9.96. The lowest BCUT2D eigenvalue weighted by molar-refractivity contribution is -0.143. The van der Waals surface area contributed by atoms with Gasteiger partial charge in [-0.2, -0.15) is 0 Å². The van der Waals surface area contributed by atoms with Crippen LogP contribution in [0.1, 0.15) is 33.6 Å². The maximum atomic E-state index is 12.5. The van der Waals surface area contributed by atoms with E-state index in [1.165, 1.54) is 0 Å². The first-order valence-electron chi connectivity index (χ1n) is 8.63. The summed E-state index contributed by atoms with van der Waals surface area (Å²) in [6.07, 6.45) is 0.931. The first kappa shape index (κ1) is 18.9. The maximum Gasteiger partial charge on any atom is 0.306 e. The van der Waals surface area contributed by atoms with Gasteiger partial charge in [0, 0.05) is 24.3 Å². The molecule has 0 aromatic heterocycles. The van der Waals surface area contributed by atoms with Gasteiger partial charge in [0.1, 0.15) is 0 Å². The molecule has 0 bridgehead atoms. The maximum absolute atomic E-state index is 12.5. The summed E-state index contributed by atoms with van der Waals surface area (Å²) < 4.78 is 0. The van der Waals surface area contributed by atoms with Gasteiger partial charge >= 0.3 is 5.97 Å². The van der Waals surface area contributed by atoms with Crippen molar-refractivity contribution in [3.8, 4) is 0 Å². The van der Waals surface area contributed by atoms with Gasteiger partial charge in [-0.3, -0.25) is 14.4 Å². The molecule has 3 rings (SSSR count). The van der Waals surface area contributed by atoms with Crippen molar-refractivity contribution in [1.82, 2.24) is 4.90 Å². The van der Waals surface area contributed by atoms with Crippen LogP contribution in [0.25, 0.3) is 0 Å². The topological polar surface area (TPSA) is 86.7 Å². The molecule has 1 fully saturated rings. The number of carboxylic acids is 1. The summed E-state index contributed by atoms with van der Waals surface area (Å²) in [4.78, 5) is 37.5. The van der Waals surface area contributed by atoms with E-state index in [0.29, 0.717) is 47.8 Å². The third-order valence-electron chi connectivity index (χ3n) is 4.64. The highest BCUT2D eigenvalue weighted by Crippen LogP contribution is 2.21. The summed E-state index contributed by atoms with van der Waals surface area (Å²) in [6.45, 7) is 0.863. The predicted molar refractivity (Wildman–Crippen MR) is 102 cm³/mol. The van der Waals surface area contributed by atoms with Gasteiger partial charge < -0.3 is 15.3 Å². The number of anilines is 1. The fourth-order valence-corrected chi connectivity index (χ4v) is 3.27. The van der Waals surface area contributed by atoms with E-state index in [4.69, 9.17) is 16.7 Å². The highest BCUT2D eigenvalue weighted by Gasteiger charge is 2.27. The zero-order chi connectivity index (χ0) is 19.4. The molecule has 1 aliphatic rings. The first-order valence-corrected chi connectivity index (χ1v) is 9.01. The second kappa shape index (κ2) is 8.22. The Kier molecular flexibility index (Phi) is 5.76. The average Bonchev–Trinajstić information content (AvgIpc) is 2.68. The SMILES string of the molecule is O=C(Nc1ccc(C(=O)N2CCC(C(=O)O)CC2)cc1)c1ccccc1Cl. The molecule has 2 amide bonds. The van der Waals surface area contributed by atoms with Crippen LogP contribution in [0.2, 0.25) is 5.02 Å². The average molecular weight is 387 g/mol. The minimum absolute atomic E-state index is 0.136. The molecule has 6 nitrogen and oxygen atoms in total. The van der Waals surface area contributed by atoms with Gasteiger partial charge in [0.2, 0.25) is 0 Å². The number of hydrogen-bond donors (Lipinski definition) is 2. The molecular weight excluding hydrogens is 368 g/mol. The number of amides is 2. The largest absolute Gasteiger partial charge is 0.481 e. The van der Waals surface area contributed by atoms with Gasteiger partial charge in [0.15, 0.2) is 0 Å². The van der Waals surface area contributed by atoms with Crippen LogP contribution in [-0.2, 0) is 4.79 Å². The van der Waals surface area contributed by atoms with E-state index in [2.05, 4.69) is 5.32 Å². The third kappa shape index (κ3) is 4.46. The lowest BCUT2D eigenvalue weighted by Crippen LogP contribution is -2.40. The normalized spacial score (nSPS) is 14.6. The second-order valence-corrected chi connectivity index (χ2v) is 6.82. The van der Waals surface area contributed by atoms with Gasteiger partial charge in [-0.1, -0.05) is 23.7 Å². The molecule has 0 radical (unpaired) electrons. The van der Waals surface area contributed by atoms with Crippen molar-refractivity contribution in [2.45, 2.75) is 12.8 Å². The van der Waals surface area contributed by atoms with E-state index >= 15 is 0 Å². The van der Waals surface area contributed by atoms with Crippen LogP contribution in [0.15, 0.2) is 48.5 Å². The Bertz CT molecular complexity index is 859. The number of carboxylic acid groups (broad SMARTS) is 1. The van der Waals surface area contributed by atoms with E-state index in [9.17, 15) is 14.4 Å². The molecule has 1 saturated heterocycles. The molecule has 2 N–H and O–H groups in total. The smallest absolute Gasteiger partial charge is 0.306 e. The zero-order valence-electron chi connectivity index (χ0n) is 14.5. The number of carbonyl (C=O) groups is 3. The Hall–Kier alpha value is -2.86. The van der Waals surface area contributed by atoms with Crippen LogP contribution in [0, 0.1) is 5.92 Å². The Morgan fingerprint density at radius 3 is 2.22 bits per heavy atom. The molecule has 140 valence electrons. The molecule has 7 heteroatoms. The van der Waals surface area contributed by atoms with Crippen molar-refractivity contribution in [1.29, 1.82) is 0 Å². The van der Waals surface area contributed by atoms with Crippen LogP contribution >= 0.6 is 11.6 Å². The Morgan fingerprint density at radius 2 is 1.63 bits per heavy atom. The number of carbonyl (C=O) groups excluding carboxylic acids is 2. The molecule has 0 saturated carbocycles. The Labute approximate surface area is 161 Å². The number of hydrogen-bond acceptors (Lipinski definition) is 3. The Morgan fingerprint density at radius 1 is 1.00 bits per heavy atom. The number of piperidine rings is 1. The molecular formula is C20H19ClN2O4. The molecule has 2 aromatic rings. The van der Waals surface area contributed by atoms with Crippen molar-refractivity contribution < 1.29 is 19.5 Å². The van der Waals surface area contributed by atoms with Gasteiger partial charge in [-0.15, -0.1) is 0 Å². The Balaban J connectivity index is 1.62. The number of halogens is 1. The van der Waals surface area contributed by atoms with Gasteiger partial charge in [-0.05, 0) is 49.2 Å². The standard InChI is InChI=1S/C20H19ClN2O4/c21-17-4-2-1-3-16(17)18(24)22-15-7-5-13(6-8-15)19(25)23-11-9-14(10-12-23)20(26)27/h1-8,14H,9-12H2,(H,22,24)(H,26,27). The number of nitrogens with one attached hydrogen (secondary N) is 1. The second-order valence-electron chi connectivity index (χ2n) is 6.42. The van der Waals surface area contributed by atoms with Crippen molar-refractivity contribution in [3.63, 3.8) is 0 Å². The van der Waals surface area contributed by atoms with Crippen LogP contribution in [-0.4, -0.2) is 40.9 Å². The van der Waals surface area contributed by atoms with Crippen LogP contribution in [0.4, 0.5) is 5.69 Å². The molecule has 27 heavy (non-hydrogen) atoms. The monoisotopic (exact) mass is 386 g/mol. The van der Waals surface area contributed by atoms with Crippen molar-refractivity contribution in [2.75, 3.05) is 18.4 Å². The van der Waals surface area contributed by atoms with Crippen LogP contribution in [0.3, 0.4) is 0 Å². The van der Waals surface area contributed by atoms with Crippen molar-refractivity contribution in [2.24, 2.45) is 5.92 Å². The summed E-state index contributed by atoms with van der Waals surface area (Å²) in [7, 11) is 0. The van der Waals surface area contributed by atoms with Crippen LogP contribution < -0.4 is 5.32 Å². The van der Waals surface area contributed by atoms with Gasteiger partial charge in [-0.25, -0.2) is 0 Å². The summed E-state index contributed by atoms with van der Waals surface area (Å²) >= 11 is 6.02. The lowest BCUT2D eigenvalue weighted by Gasteiger charge is -2.30. The van der Waals surface area contributed by atoms with Crippen LogP contribution in [0.5, 0.6) is 0 Å². The minimum atomic E-state index is -0.805. The van der Waals surface area contributed by atoms with E-state index in [1.807, 2.05) is 0 Å². The number of rotatable bonds is 4. The third-order valence-corrected chi connectivity index (χ3v) is 4.97. The summed E-state index contributed by atoms with van der Waals surface area (Å²) in [5, 5.41) is 12.2. The molecule has 1 aliphatic heterocycles. The van der Waals surface area contributed by atoms with E-state index in [1.54, 1.807) is 53.4 Å². The number of aliphatic carboxylic acids is 1. The molecule has 0 unspecified atom stereocenters.